The number of nitrogen functional groups attached to an aromatic ring is 1. The van der Waals surface area contributed by atoms with E-state index in [1.165, 1.54) is 40.9 Å². The zero-order chi connectivity index (χ0) is 30.0. The van der Waals surface area contributed by atoms with Crippen LogP contribution in [0.3, 0.4) is 0 Å². The molecule has 16 nitrogen and oxygen atoms in total. The van der Waals surface area contributed by atoms with Gasteiger partial charge in [0.2, 0.25) is 0 Å². The fraction of sp³-hybridized carbons (Fsp3) is 0.348. The molecule has 3 amide bonds. The van der Waals surface area contributed by atoms with Crippen LogP contribution in [0.2, 0.25) is 0 Å². The first-order valence-corrected chi connectivity index (χ1v) is 15.2. The lowest BCUT2D eigenvalue weighted by atomic mass is 10.0. The van der Waals surface area contributed by atoms with E-state index < -0.39 is 35.3 Å². The van der Waals surface area contributed by atoms with E-state index in [4.69, 9.17) is 21.0 Å². The number of carbonyl (C=O) groups is 4. The van der Waals surface area contributed by atoms with Crippen molar-refractivity contribution < 1.29 is 33.9 Å². The highest BCUT2D eigenvalue weighted by atomic mass is 32.2. The van der Waals surface area contributed by atoms with Gasteiger partial charge < -0.3 is 36.4 Å². The standard InChI is InChI=1S/C23H25N9O7S3/c1-38-29-15(12-10-42-22(24)26-12)18(33)27-16-19(34)32-17(21(35)36)11(9-41-20(16)32)8-30-4-5-31-14(30)3-2-13(28-31)40-7-6-39-23(25)37/h3-5,10,16,20H,2,6-9H2,1H3,(H2,24,26)(H2,25,37)(H,27,33)(H,35,36)/t16-,20+/m1/s1. The Labute approximate surface area is 251 Å². The highest BCUT2D eigenvalue weighted by molar-refractivity contribution is 8.13. The Bertz CT molecular complexity index is 1470. The lowest BCUT2D eigenvalue weighted by Crippen LogP contribution is -2.71. The normalized spacial score (nSPS) is 21.3. The topological polar surface area (TPSA) is 218 Å². The third-order valence-corrected chi connectivity index (χ3v) is 9.22. The highest BCUT2D eigenvalue weighted by Gasteiger charge is 2.54. The Morgan fingerprint density at radius 3 is 2.83 bits per heavy atom. The summed E-state index contributed by atoms with van der Waals surface area (Å²) in [7, 11) is 1.27. The van der Waals surface area contributed by atoms with E-state index in [1.807, 2.05) is 11.0 Å². The Kier molecular flexibility index (Phi) is 8.59. The fourth-order valence-corrected chi connectivity index (χ4v) is 7.13. The largest absolute Gasteiger partial charge is 0.477 e. The SMILES string of the molecule is CON=C(C(=O)N[C@@H]1C(=O)N2C(C(=O)O)=C(CN3C=CN4N=C(SCCOC(N)=O)CC=C34)CS[C@@H]12)c1csc(N)n1. The molecule has 2 atom stereocenters. The van der Waals surface area contributed by atoms with Crippen molar-refractivity contribution in [2.24, 2.45) is 16.0 Å². The predicted octanol–water partition coefficient (Wildman–Crippen LogP) is 0.290. The molecule has 1 fully saturated rings. The summed E-state index contributed by atoms with van der Waals surface area (Å²) in [6.07, 6.45) is 5.21. The number of nitrogens with one attached hydrogen (secondary N) is 1. The summed E-state index contributed by atoms with van der Waals surface area (Å²) in [5.74, 6) is -0.897. The number of oxime groups is 1. The number of allylic oxidation sites excluding steroid dienone is 1. The number of aromatic nitrogens is 1. The molecule has 0 spiro atoms. The molecular formula is C23H25N9O7S3. The molecule has 19 heteroatoms. The molecule has 5 rings (SSSR count). The third kappa shape index (κ3) is 5.88. The van der Waals surface area contributed by atoms with E-state index in [9.17, 15) is 24.3 Å². The smallest absolute Gasteiger partial charge is 0.404 e. The average molecular weight is 636 g/mol. The summed E-state index contributed by atoms with van der Waals surface area (Å²) >= 11 is 3.91. The molecule has 4 aliphatic rings. The van der Waals surface area contributed by atoms with E-state index in [-0.39, 0.29) is 35.4 Å². The fourth-order valence-electron chi connectivity index (χ4n) is 4.50. The first kappa shape index (κ1) is 29.3. The van der Waals surface area contributed by atoms with Crippen molar-refractivity contribution in [3.05, 3.63) is 46.6 Å². The van der Waals surface area contributed by atoms with Gasteiger partial charge in [-0.1, -0.05) is 5.16 Å². The molecule has 0 aromatic carbocycles. The average Bonchev–Trinajstić information content (AvgIpc) is 3.57. The Morgan fingerprint density at radius 1 is 1.33 bits per heavy atom. The number of hydrogen-bond acceptors (Lipinski definition) is 15. The number of nitrogens with zero attached hydrogens (tertiary/aromatic N) is 6. The minimum Gasteiger partial charge on any atom is -0.477 e. The number of thiazole rings is 1. The van der Waals surface area contributed by atoms with Crippen LogP contribution < -0.4 is 16.8 Å². The highest BCUT2D eigenvalue weighted by Crippen LogP contribution is 2.41. The van der Waals surface area contributed by atoms with Gasteiger partial charge in [-0.15, -0.1) is 34.9 Å². The lowest BCUT2D eigenvalue weighted by Gasteiger charge is -2.49. The van der Waals surface area contributed by atoms with Crippen molar-refractivity contribution in [2.75, 3.05) is 37.5 Å². The van der Waals surface area contributed by atoms with Gasteiger partial charge in [0.1, 0.15) is 42.3 Å². The van der Waals surface area contributed by atoms with Gasteiger partial charge in [-0.2, -0.15) is 5.10 Å². The third-order valence-electron chi connectivity index (χ3n) is 6.25. The number of thioether (sulfide) groups is 2. The second-order valence-electron chi connectivity index (χ2n) is 8.86. The Balaban J connectivity index is 1.24. The maximum atomic E-state index is 13.2. The van der Waals surface area contributed by atoms with E-state index in [0.29, 0.717) is 23.5 Å². The molecule has 0 bridgehead atoms. The number of fused-ring (bicyclic) bond motifs is 2. The van der Waals surface area contributed by atoms with Gasteiger partial charge in [-0.05, 0) is 11.6 Å². The van der Waals surface area contributed by atoms with Crippen molar-refractivity contribution in [1.29, 1.82) is 0 Å². The lowest BCUT2D eigenvalue weighted by molar-refractivity contribution is -0.150. The van der Waals surface area contributed by atoms with Gasteiger partial charge in [0.15, 0.2) is 10.8 Å². The summed E-state index contributed by atoms with van der Waals surface area (Å²) in [6.45, 7) is 0.395. The zero-order valence-corrected chi connectivity index (χ0v) is 24.4. The van der Waals surface area contributed by atoms with E-state index in [1.54, 1.807) is 17.4 Å². The number of carbonyl (C=O) groups excluding carboxylic acids is 3. The number of rotatable bonds is 10. The van der Waals surface area contributed by atoms with Crippen molar-refractivity contribution in [2.45, 2.75) is 17.8 Å². The number of hydrazone groups is 1. The van der Waals surface area contributed by atoms with Crippen molar-refractivity contribution >= 4 is 74.6 Å². The number of anilines is 1. The molecule has 0 saturated carbocycles. The minimum absolute atomic E-state index is 0.107. The number of carboxylic acids is 1. The van der Waals surface area contributed by atoms with Crippen LogP contribution in [0.15, 0.2) is 51.2 Å². The van der Waals surface area contributed by atoms with Crippen LogP contribution in [0.25, 0.3) is 0 Å². The van der Waals surface area contributed by atoms with E-state index in [2.05, 4.69) is 20.6 Å². The summed E-state index contributed by atoms with van der Waals surface area (Å²) in [5, 5.41) is 24.7. The number of hydrogen-bond donors (Lipinski definition) is 4. The molecule has 1 aromatic rings. The summed E-state index contributed by atoms with van der Waals surface area (Å²) in [6, 6.07) is -0.960. The van der Waals surface area contributed by atoms with Gasteiger partial charge in [0.05, 0.1) is 5.04 Å². The molecule has 42 heavy (non-hydrogen) atoms. The number of β-lactam (4-membered cyclic amide) rings is 1. The maximum Gasteiger partial charge on any atom is 0.404 e. The minimum atomic E-state index is -1.24. The molecule has 6 N–H and O–H groups in total. The van der Waals surface area contributed by atoms with Crippen LogP contribution in [0, 0.1) is 0 Å². The summed E-state index contributed by atoms with van der Waals surface area (Å²) < 4.78 is 4.74. The molecule has 1 saturated heterocycles. The number of amides is 3. The van der Waals surface area contributed by atoms with Crippen LogP contribution in [0.4, 0.5) is 9.93 Å². The first-order chi connectivity index (χ1) is 20.2. The number of carboxylic acid groups (broad SMARTS) is 1. The maximum absolute atomic E-state index is 13.2. The van der Waals surface area contributed by atoms with Gasteiger partial charge >= 0.3 is 12.1 Å². The molecule has 0 unspecified atom stereocenters. The second-order valence-corrected chi connectivity index (χ2v) is 12.0. The molecule has 222 valence electrons. The number of nitrogens with two attached hydrogens (primary N) is 2. The van der Waals surface area contributed by atoms with Gasteiger partial charge in [-0.25, -0.2) is 19.6 Å². The number of primary amides is 1. The predicted molar refractivity (Wildman–Crippen MR) is 156 cm³/mol. The molecule has 1 aromatic heterocycles. The summed E-state index contributed by atoms with van der Waals surface area (Å²) in [5.41, 5.74) is 11.1. The van der Waals surface area contributed by atoms with Crippen molar-refractivity contribution in [3.8, 4) is 0 Å². The first-order valence-electron chi connectivity index (χ1n) is 12.3. The van der Waals surface area contributed by atoms with E-state index in [0.717, 1.165) is 22.2 Å². The van der Waals surface area contributed by atoms with E-state index >= 15 is 0 Å². The quantitative estimate of drug-likeness (QED) is 0.118. The number of ether oxygens (including phenoxy) is 1. The van der Waals surface area contributed by atoms with Crippen LogP contribution >= 0.6 is 34.9 Å². The zero-order valence-electron chi connectivity index (χ0n) is 22.0. The van der Waals surface area contributed by atoms with Crippen molar-refractivity contribution in [1.82, 2.24) is 25.1 Å². The monoisotopic (exact) mass is 635 g/mol. The molecular weight excluding hydrogens is 611 g/mol. The van der Waals surface area contributed by atoms with Gasteiger partial charge in [-0.3, -0.25) is 14.5 Å². The molecule has 5 heterocycles. The number of aliphatic carboxylic acids is 1. The summed E-state index contributed by atoms with van der Waals surface area (Å²) in [4.78, 5) is 61.1. The molecule has 0 aliphatic carbocycles. The van der Waals surface area contributed by atoms with Gasteiger partial charge in [0, 0.05) is 42.3 Å². The van der Waals surface area contributed by atoms with Crippen LogP contribution in [-0.4, -0.2) is 103 Å². The second kappa shape index (κ2) is 12.3. The molecule has 4 aliphatic heterocycles. The molecule has 0 radical (unpaired) electrons. The van der Waals surface area contributed by atoms with Gasteiger partial charge in [0.25, 0.3) is 11.8 Å². The Hall–Kier alpha value is -4.23. The van der Waals surface area contributed by atoms with Crippen molar-refractivity contribution in [3.63, 3.8) is 0 Å². The Morgan fingerprint density at radius 2 is 2.14 bits per heavy atom. The van der Waals surface area contributed by atoms with Crippen LogP contribution in [-0.2, 0) is 24.0 Å². The van der Waals surface area contributed by atoms with Crippen LogP contribution in [0.1, 0.15) is 12.1 Å². The van der Waals surface area contributed by atoms with Crippen LogP contribution in [0.5, 0.6) is 0 Å².